The van der Waals surface area contributed by atoms with E-state index in [1.165, 1.54) is 7.11 Å². The second-order valence-electron chi connectivity index (χ2n) is 4.98. The Kier molecular flexibility index (Phi) is 5.77. The maximum absolute atomic E-state index is 12.4. The Morgan fingerprint density at radius 2 is 1.61 bits per heavy atom. The summed E-state index contributed by atoms with van der Waals surface area (Å²) < 4.78 is 9.89. The Morgan fingerprint density at radius 3 is 2.13 bits per heavy atom. The van der Waals surface area contributed by atoms with Gasteiger partial charge in [0.05, 0.1) is 20.1 Å². The SMILES string of the molecule is COC(=O)[C@@H](CC(=O)c1ccc(OC)cc1)c1ccc(Cl)cc1. The molecular formula is C18H17ClO4. The van der Waals surface area contributed by atoms with Crippen molar-refractivity contribution in [1.29, 1.82) is 0 Å². The van der Waals surface area contributed by atoms with E-state index >= 15 is 0 Å². The van der Waals surface area contributed by atoms with E-state index in [0.717, 1.165) is 0 Å². The van der Waals surface area contributed by atoms with Gasteiger partial charge in [-0.3, -0.25) is 9.59 Å². The van der Waals surface area contributed by atoms with Gasteiger partial charge in [-0.2, -0.15) is 0 Å². The smallest absolute Gasteiger partial charge is 0.313 e. The van der Waals surface area contributed by atoms with Crippen molar-refractivity contribution in [3.05, 3.63) is 64.7 Å². The van der Waals surface area contributed by atoms with E-state index in [9.17, 15) is 9.59 Å². The van der Waals surface area contributed by atoms with Crippen molar-refractivity contribution in [2.24, 2.45) is 0 Å². The summed E-state index contributed by atoms with van der Waals surface area (Å²) in [6.45, 7) is 0. The van der Waals surface area contributed by atoms with Crippen LogP contribution in [0.3, 0.4) is 0 Å². The van der Waals surface area contributed by atoms with Gasteiger partial charge in [0.2, 0.25) is 0 Å². The standard InChI is InChI=1S/C18H17ClO4/c1-22-15-9-5-13(6-10-15)17(20)11-16(18(21)23-2)12-3-7-14(19)8-4-12/h3-10,16H,11H2,1-2H3/t16-/m0/s1. The molecule has 0 saturated carbocycles. The number of hydrogen-bond donors (Lipinski definition) is 0. The van der Waals surface area contributed by atoms with Crippen LogP contribution in [0.4, 0.5) is 0 Å². The summed E-state index contributed by atoms with van der Waals surface area (Å²) in [6.07, 6.45) is 0.0284. The Balaban J connectivity index is 2.21. The van der Waals surface area contributed by atoms with E-state index in [0.29, 0.717) is 21.9 Å². The predicted molar refractivity (Wildman–Crippen MR) is 88.2 cm³/mol. The van der Waals surface area contributed by atoms with E-state index in [1.54, 1.807) is 55.6 Å². The van der Waals surface area contributed by atoms with Crippen LogP contribution in [0.5, 0.6) is 5.75 Å². The number of ether oxygens (including phenoxy) is 2. The van der Waals surface area contributed by atoms with Crippen LogP contribution in [0, 0.1) is 0 Å². The molecule has 0 aromatic heterocycles. The Hall–Kier alpha value is -2.33. The second-order valence-corrected chi connectivity index (χ2v) is 5.42. The Labute approximate surface area is 140 Å². The maximum atomic E-state index is 12.4. The minimum atomic E-state index is -0.660. The third-order valence-corrected chi connectivity index (χ3v) is 3.81. The minimum absolute atomic E-state index is 0.0284. The van der Waals surface area contributed by atoms with Crippen LogP contribution in [0.25, 0.3) is 0 Å². The molecule has 0 spiro atoms. The summed E-state index contributed by atoms with van der Waals surface area (Å²) in [6, 6.07) is 13.6. The monoisotopic (exact) mass is 332 g/mol. The highest BCUT2D eigenvalue weighted by molar-refractivity contribution is 6.30. The van der Waals surface area contributed by atoms with Crippen LogP contribution in [-0.2, 0) is 9.53 Å². The van der Waals surface area contributed by atoms with E-state index in [2.05, 4.69) is 0 Å². The molecule has 4 nitrogen and oxygen atoms in total. The van der Waals surface area contributed by atoms with E-state index in [-0.39, 0.29) is 12.2 Å². The van der Waals surface area contributed by atoms with Gasteiger partial charge in [0, 0.05) is 17.0 Å². The average Bonchev–Trinajstić information content (AvgIpc) is 2.59. The normalized spacial score (nSPS) is 11.6. The van der Waals surface area contributed by atoms with Gasteiger partial charge in [-0.15, -0.1) is 0 Å². The van der Waals surface area contributed by atoms with Gasteiger partial charge in [-0.25, -0.2) is 0 Å². The predicted octanol–water partition coefficient (Wildman–Crippen LogP) is 3.88. The molecule has 120 valence electrons. The van der Waals surface area contributed by atoms with Crippen molar-refractivity contribution in [2.45, 2.75) is 12.3 Å². The molecule has 2 aromatic carbocycles. The first-order chi connectivity index (χ1) is 11.0. The summed E-state index contributed by atoms with van der Waals surface area (Å²) in [5.41, 5.74) is 1.22. The summed E-state index contributed by atoms with van der Waals surface area (Å²) in [4.78, 5) is 24.5. The van der Waals surface area contributed by atoms with Crippen LogP contribution in [0.15, 0.2) is 48.5 Å². The number of hydrogen-bond acceptors (Lipinski definition) is 4. The van der Waals surface area contributed by atoms with Crippen LogP contribution < -0.4 is 4.74 Å². The molecule has 0 aliphatic carbocycles. The summed E-state index contributed by atoms with van der Waals surface area (Å²) in [5, 5.41) is 0.568. The molecule has 0 unspecified atom stereocenters. The summed E-state index contributed by atoms with van der Waals surface area (Å²) in [5.74, 6) is -0.581. The Bertz CT molecular complexity index is 677. The molecule has 2 rings (SSSR count). The first kappa shape index (κ1) is 17.0. The van der Waals surface area contributed by atoms with Crippen molar-refractivity contribution in [3.8, 4) is 5.75 Å². The second kappa shape index (κ2) is 7.79. The number of methoxy groups -OCH3 is 2. The number of carbonyl (C=O) groups excluding carboxylic acids is 2. The van der Waals surface area contributed by atoms with Gasteiger partial charge in [0.15, 0.2) is 5.78 Å². The molecule has 0 fully saturated rings. The maximum Gasteiger partial charge on any atom is 0.313 e. The molecule has 0 N–H and O–H groups in total. The number of carbonyl (C=O) groups is 2. The molecule has 2 aromatic rings. The number of halogens is 1. The third kappa shape index (κ3) is 4.33. The fraction of sp³-hybridized carbons (Fsp3) is 0.222. The summed E-state index contributed by atoms with van der Waals surface area (Å²) in [7, 11) is 2.87. The Morgan fingerprint density at radius 1 is 1.00 bits per heavy atom. The highest BCUT2D eigenvalue weighted by atomic mass is 35.5. The molecule has 0 aliphatic rings. The largest absolute Gasteiger partial charge is 0.497 e. The van der Waals surface area contributed by atoms with Crippen molar-refractivity contribution in [2.75, 3.05) is 14.2 Å². The first-order valence-electron chi connectivity index (χ1n) is 7.05. The molecule has 0 radical (unpaired) electrons. The number of Topliss-reactive ketones (excluding diaryl/α,β-unsaturated/α-hetero) is 1. The van der Waals surface area contributed by atoms with E-state index < -0.39 is 11.9 Å². The average molecular weight is 333 g/mol. The van der Waals surface area contributed by atoms with Gasteiger partial charge in [-0.1, -0.05) is 23.7 Å². The quantitative estimate of drug-likeness (QED) is 0.595. The molecule has 0 aliphatic heterocycles. The zero-order valence-electron chi connectivity index (χ0n) is 12.9. The third-order valence-electron chi connectivity index (χ3n) is 3.56. The summed E-state index contributed by atoms with van der Waals surface area (Å²) >= 11 is 5.87. The molecule has 0 bridgehead atoms. The van der Waals surface area contributed by atoms with Gasteiger partial charge in [0.25, 0.3) is 0 Å². The van der Waals surface area contributed by atoms with Crippen LogP contribution >= 0.6 is 11.6 Å². The molecule has 0 amide bonds. The van der Waals surface area contributed by atoms with Crippen molar-refractivity contribution >= 4 is 23.4 Å². The lowest BCUT2D eigenvalue weighted by Gasteiger charge is -2.14. The molecule has 5 heteroatoms. The van der Waals surface area contributed by atoms with Crippen LogP contribution in [-0.4, -0.2) is 26.0 Å². The van der Waals surface area contributed by atoms with E-state index in [1.807, 2.05) is 0 Å². The van der Waals surface area contributed by atoms with Crippen molar-refractivity contribution < 1.29 is 19.1 Å². The molecule has 23 heavy (non-hydrogen) atoms. The molecular weight excluding hydrogens is 316 g/mol. The van der Waals surface area contributed by atoms with Gasteiger partial charge in [-0.05, 0) is 42.0 Å². The molecule has 0 saturated heterocycles. The minimum Gasteiger partial charge on any atom is -0.497 e. The zero-order chi connectivity index (χ0) is 16.8. The van der Waals surface area contributed by atoms with Crippen LogP contribution in [0.2, 0.25) is 5.02 Å². The van der Waals surface area contributed by atoms with Crippen molar-refractivity contribution in [1.82, 2.24) is 0 Å². The van der Waals surface area contributed by atoms with Gasteiger partial charge >= 0.3 is 5.97 Å². The van der Waals surface area contributed by atoms with E-state index in [4.69, 9.17) is 21.1 Å². The molecule has 0 heterocycles. The van der Waals surface area contributed by atoms with Gasteiger partial charge < -0.3 is 9.47 Å². The zero-order valence-corrected chi connectivity index (χ0v) is 13.7. The highest BCUT2D eigenvalue weighted by Gasteiger charge is 2.25. The lowest BCUT2D eigenvalue weighted by molar-refractivity contribution is -0.142. The first-order valence-corrected chi connectivity index (χ1v) is 7.43. The fourth-order valence-electron chi connectivity index (χ4n) is 2.25. The van der Waals surface area contributed by atoms with Crippen LogP contribution in [0.1, 0.15) is 28.3 Å². The highest BCUT2D eigenvalue weighted by Crippen LogP contribution is 2.25. The number of rotatable bonds is 6. The fourth-order valence-corrected chi connectivity index (χ4v) is 2.38. The lowest BCUT2D eigenvalue weighted by atomic mass is 9.91. The lowest BCUT2D eigenvalue weighted by Crippen LogP contribution is -2.18. The number of esters is 1. The number of ketones is 1. The topological polar surface area (TPSA) is 52.6 Å². The number of benzene rings is 2. The molecule has 1 atom stereocenters. The van der Waals surface area contributed by atoms with Gasteiger partial charge in [0.1, 0.15) is 5.75 Å². The van der Waals surface area contributed by atoms with Crippen molar-refractivity contribution in [3.63, 3.8) is 0 Å².